The van der Waals surface area contributed by atoms with Crippen molar-refractivity contribution in [1.82, 2.24) is 4.90 Å². The number of hydrogen-bond acceptors (Lipinski definition) is 4. The number of nitro groups is 1. The highest BCUT2D eigenvalue weighted by molar-refractivity contribution is 5.79. The number of hydrogen-bond donors (Lipinski definition) is 1. The van der Waals surface area contributed by atoms with Crippen LogP contribution in [-0.4, -0.2) is 62.0 Å². The highest BCUT2D eigenvalue weighted by atomic mass is 16.6. The summed E-state index contributed by atoms with van der Waals surface area (Å²) in [5.41, 5.74) is 1.11. The van der Waals surface area contributed by atoms with Gasteiger partial charge in [-0.2, -0.15) is 0 Å². The van der Waals surface area contributed by atoms with Crippen molar-refractivity contribution < 1.29 is 14.6 Å². The Labute approximate surface area is 130 Å². The molecule has 2 rings (SSSR count). The minimum atomic E-state index is -0.388. The Kier molecular flexibility index (Phi) is 4.97. The fourth-order valence-corrected chi connectivity index (χ4v) is 2.83. The molecular formula is C15H23N4O3+. The number of anilines is 1. The molecule has 1 aromatic carbocycles. The number of amides is 1. The predicted octanol–water partition coefficient (Wildman–Crippen LogP) is -0.224. The maximum Gasteiger partial charge on any atom is 0.280 e. The molecule has 7 nitrogen and oxygen atoms in total. The van der Waals surface area contributed by atoms with Gasteiger partial charge in [-0.3, -0.25) is 14.9 Å². The number of non-ortho nitro benzene ring substituents is 1. The van der Waals surface area contributed by atoms with Gasteiger partial charge < -0.3 is 14.7 Å². The van der Waals surface area contributed by atoms with Crippen molar-refractivity contribution in [2.24, 2.45) is 0 Å². The number of quaternary nitrogens is 1. The highest BCUT2D eigenvalue weighted by Gasteiger charge is 2.30. The first-order valence-corrected chi connectivity index (χ1v) is 7.45. The Balaban J connectivity index is 1.94. The van der Waals surface area contributed by atoms with E-state index in [1.807, 2.05) is 6.92 Å². The van der Waals surface area contributed by atoms with E-state index in [1.54, 1.807) is 31.1 Å². The lowest BCUT2D eigenvalue weighted by molar-refractivity contribution is -0.915. The molecule has 1 fully saturated rings. The number of nitrogens with one attached hydrogen (secondary N) is 1. The quantitative estimate of drug-likeness (QED) is 0.616. The summed E-state index contributed by atoms with van der Waals surface area (Å²) in [6.45, 7) is 5.44. The minimum absolute atomic E-state index is 0.0333. The van der Waals surface area contributed by atoms with Crippen LogP contribution in [-0.2, 0) is 4.79 Å². The minimum Gasteiger partial charge on any atom is -0.360 e. The number of carbonyl (C=O) groups is 1. The SMILES string of the molecule is C[C@H](C(=O)N(C)C)[NH+]1CCN(c2ccc([N+](=O)[O-])cc2)CC1. The number of likely N-dealkylation sites (N-methyl/N-ethyl adjacent to an activating group) is 1. The first-order valence-electron chi connectivity index (χ1n) is 7.45. The van der Waals surface area contributed by atoms with Crippen molar-refractivity contribution in [2.75, 3.05) is 45.2 Å². The lowest BCUT2D eigenvalue weighted by Gasteiger charge is -2.36. The lowest BCUT2D eigenvalue weighted by atomic mass is 10.2. The van der Waals surface area contributed by atoms with Gasteiger partial charge in [-0.25, -0.2) is 0 Å². The van der Waals surface area contributed by atoms with Crippen molar-refractivity contribution in [3.05, 3.63) is 34.4 Å². The average Bonchev–Trinajstić information content (AvgIpc) is 2.53. The number of nitro benzene ring substituents is 1. The molecule has 1 N–H and O–H groups in total. The molecule has 120 valence electrons. The van der Waals surface area contributed by atoms with Crippen LogP contribution in [0.2, 0.25) is 0 Å². The van der Waals surface area contributed by atoms with Gasteiger partial charge >= 0.3 is 0 Å². The summed E-state index contributed by atoms with van der Waals surface area (Å²) in [4.78, 5) is 27.4. The third-order valence-corrected chi connectivity index (χ3v) is 4.25. The molecule has 1 aromatic rings. The fourth-order valence-electron chi connectivity index (χ4n) is 2.83. The zero-order valence-corrected chi connectivity index (χ0v) is 13.3. The summed E-state index contributed by atoms with van der Waals surface area (Å²) in [5, 5.41) is 10.7. The number of rotatable bonds is 4. The third kappa shape index (κ3) is 3.54. The Morgan fingerprint density at radius 2 is 1.82 bits per heavy atom. The Morgan fingerprint density at radius 3 is 2.27 bits per heavy atom. The normalized spacial score (nSPS) is 17.1. The maximum atomic E-state index is 12.0. The molecule has 1 saturated heterocycles. The molecule has 1 amide bonds. The maximum absolute atomic E-state index is 12.0. The molecule has 0 radical (unpaired) electrons. The molecule has 0 unspecified atom stereocenters. The molecular weight excluding hydrogens is 284 g/mol. The van der Waals surface area contributed by atoms with Crippen LogP contribution < -0.4 is 9.80 Å². The van der Waals surface area contributed by atoms with E-state index >= 15 is 0 Å². The van der Waals surface area contributed by atoms with Crippen LogP contribution in [0.1, 0.15) is 6.92 Å². The van der Waals surface area contributed by atoms with Crippen molar-refractivity contribution in [2.45, 2.75) is 13.0 Å². The van der Waals surface area contributed by atoms with E-state index in [0.717, 1.165) is 31.9 Å². The molecule has 0 spiro atoms. The molecule has 1 aliphatic rings. The van der Waals surface area contributed by atoms with Crippen LogP contribution in [0.25, 0.3) is 0 Å². The first-order chi connectivity index (χ1) is 10.4. The zero-order valence-electron chi connectivity index (χ0n) is 13.3. The Morgan fingerprint density at radius 1 is 1.27 bits per heavy atom. The number of carbonyl (C=O) groups excluding carboxylic acids is 1. The fraction of sp³-hybridized carbons (Fsp3) is 0.533. The predicted molar refractivity (Wildman–Crippen MR) is 84.2 cm³/mol. The number of benzene rings is 1. The van der Waals surface area contributed by atoms with Crippen molar-refractivity contribution in [3.63, 3.8) is 0 Å². The van der Waals surface area contributed by atoms with Crippen LogP contribution >= 0.6 is 0 Å². The van der Waals surface area contributed by atoms with Crippen molar-refractivity contribution in [3.8, 4) is 0 Å². The van der Waals surface area contributed by atoms with Gasteiger partial charge in [0.1, 0.15) is 0 Å². The average molecular weight is 307 g/mol. The molecule has 1 heterocycles. The lowest BCUT2D eigenvalue weighted by Crippen LogP contribution is -3.19. The van der Waals surface area contributed by atoms with Gasteiger partial charge in [-0.15, -0.1) is 0 Å². The summed E-state index contributed by atoms with van der Waals surface area (Å²) >= 11 is 0. The van der Waals surface area contributed by atoms with E-state index in [4.69, 9.17) is 0 Å². The van der Waals surface area contributed by atoms with Gasteiger partial charge in [0.05, 0.1) is 31.1 Å². The van der Waals surface area contributed by atoms with E-state index in [-0.39, 0.29) is 22.6 Å². The number of piperazine rings is 1. The monoisotopic (exact) mass is 307 g/mol. The second-order valence-electron chi connectivity index (χ2n) is 5.87. The van der Waals surface area contributed by atoms with Gasteiger partial charge in [0, 0.05) is 31.9 Å². The van der Waals surface area contributed by atoms with E-state index < -0.39 is 0 Å². The van der Waals surface area contributed by atoms with Gasteiger partial charge in [-0.1, -0.05) is 0 Å². The van der Waals surface area contributed by atoms with E-state index in [1.165, 1.54) is 17.0 Å². The third-order valence-electron chi connectivity index (χ3n) is 4.25. The largest absolute Gasteiger partial charge is 0.360 e. The summed E-state index contributed by atoms with van der Waals surface area (Å²) < 4.78 is 0. The molecule has 1 aliphatic heterocycles. The number of nitrogens with zero attached hydrogens (tertiary/aromatic N) is 3. The Hall–Kier alpha value is -2.15. The summed E-state index contributed by atoms with van der Waals surface area (Å²) in [6, 6.07) is 6.61. The molecule has 0 saturated carbocycles. The van der Waals surface area contributed by atoms with Crippen LogP contribution in [0.4, 0.5) is 11.4 Å². The first kappa shape index (κ1) is 16.2. The second kappa shape index (κ2) is 6.74. The molecule has 0 bridgehead atoms. The van der Waals surface area contributed by atoms with Gasteiger partial charge in [0.2, 0.25) is 0 Å². The topological polar surface area (TPSA) is 71.1 Å². The van der Waals surface area contributed by atoms with Gasteiger partial charge in [0.15, 0.2) is 6.04 Å². The van der Waals surface area contributed by atoms with Crippen LogP contribution in [0.15, 0.2) is 24.3 Å². The second-order valence-corrected chi connectivity index (χ2v) is 5.87. The molecule has 0 aromatic heterocycles. The standard InChI is InChI=1S/C15H22N4O3/c1-12(15(20)16(2)3)17-8-10-18(11-9-17)13-4-6-14(7-5-13)19(21)22/h4-7,12H,8-11H2,1-3H3/p+1/t12-/m1/s1. The molecule has 7 heteroatoms. The summed E-state index contributed by atoms with van der Waals surface area (Å²) in [6.07, 6.45) is 0. The molecule has 1 atom stereocenters. The summed E-state index contributed by atoms with van der Waals surface area (Å²) in [5.74, 6) is 0.152. The summed E-state index contributed by atoms with van der Waals surface area (Å²) in [7, 11) is 3.57. The smallest absolute Gasteiger partial charge is 0.280 e. The van der Waals surface area contributed by atoms with Crippen LogP contribution in [0.5, 0.6) is 0 Å². The van der Waals surface area contributed by atoms with E-state index in [9.17, 15) is 14.9 Å². The van der Waals surface area contributed by atoms with E-state index in [2.05, 4.69) is 4.90 Å². The highest BCUT2D eigenvalue weighted by Crippen LogP contribution is 2.19. The van der Waals surface area contributed by atoms with Gasteiger partial charge in [0.25, 0.3) is 11.6 Å². The zero-order chi connectivity index (χ0) is 16.3. The molecule has 0 aliphatic carbocycles. The van der Waals surface area contributed by atoms with Crippen molar-refractivity contribution >= 4 is 17.3 Å². The molecule has 22 heavy (non-hydrogen) atoms. The van der Waals surface area contributed by atoms with Crippen LogP contribution in [0.3, 0.4) is 0 Å². The van der Waals surface area contributed by atoms with Crippen LogP contribution in [0, 0.1) is 10.1 Å². The van der Waals surface area contributed by atoms with E-state index in [0.29, 0.717) is 0 Å². The van der Waals surface area contributed by atoms with Gasteiger partial charge in [-0.05, 0) is 19.1 Å². The van der Waals surface area contributed by atoms with Crippen molar-refractivity contribution in [1.29, 1.82) is 0 Å². The Bertz CT molecular complexity index is 536.